The summed E-state index contributed by atoms with van der Waals surface area (Å²) in [6.07, 6.45) is 0.803. The lowest BCUT2D eigenvalue weighted by Gasteiger charge is -2.44. The van der Waals surface area contributed by atoms with E-state index in [4.69, 9.17) is 21.1 Å². The summed E-state index contributed by atoms with van der Waals surface area (Å²) in [6, 6.07) is 13.4. The van der Waals surface area contributed by atoms with Gasteiger partial charge in [0.15, 0.2) is 0 Å². The number of aryl methyl sites for hydroxylation is 1. The van der Waals surface area contributed by atoms with Crippen molar-refractivity contribution in [3.05, 3.63) is 70.2 Å². The molecule has 8 nitrogen and oxygen atoms in total. The summed E-state index contributed by atoms with van der Waals surface area (Å²) in [5.74, 6) is -0.661. The summed E-state index contributed by atoms with van der Waals surface area (Å²) < 4.78 is 11.2. The minimum atomic E-state index is -0.962. The summed E-state index contributed by atoms with van der Waals surface area (Å²) in [5, 5.41) is 3.33. The first-order chi connectivity index (χ1) is 16.8. The molecule has 3 amide bonds. The molecular formula is C26H30ClN3O5. The van der Waals surface area contributed by atoms with Crippen LogP contribution in [0.3, 0.4) is 0 Å². The van der Waals surface area contributed by atoms with Crippen molar-refractivity contribution in [1.82, 2.24) is 15.1 Å². The maximum Gasteiger partial charge on any atom is 0.256 e. The predicted octanol–water partition coefficient (Wildman–Crippen LogP) is 2.88. The van der Waals surface area contributed by atoms with Crippen LogP contribution in [-0.4, -0.2) is 79.2 Å². The molecule has 0 radical (unpaired) electrons. The molecule has 0 aliphatic carbocycles. The number of nitrogens with zero attached hydrogens (tertiary/aromatic N) is 2. The molecule has 2 saturated heterocycles. The van der Waals surface area contributed by atoms with Crippen LogP contribution in [0.15, 0.2) is 48.5 Å². The molecule has 2 aliphatic heterocycles. The van der Waals surface area contributed by atoms with E-state index in [1.807, 2.05) is 19.1 Å². The average molecular weight is 500 g/mol. The van der Waals surface area contributed by atoms with Crippen molar-refractivity contribution in [2.24, 2.45) is 0 Å². The SMILES string of the molecule is COCCNC(=O)C1COC2(CCN(C(=O)c3cccc(Cl)c3)CC2)N1C(=O)c1ccc(C)cc1. The van der Waals surface area contributed by atoms with Gasteiger partial charge in [-0.3, -0.25) is 19.3 Å². The zero-order chi connectivity index (χ0) is 25.0. The second-order valence-corrected chi connectivity index (χ2v) is 9.34. The lowest BCUT2D eigenvalue weighted by Crippen LogP contribution is -2.60. The average Bonchev–Trinajstić information content (AvgIpc) is 3.22. The molecule has 1 N–H and O–H groups in total. The predicted molar refractivity (Wildman–Crippen MR) is 131 cm³/mol. The largest absolute Gasteiger partial charge is 0.383 e. The van der Waals surface area contributed by atoms with Gasteiger partial charge in [-0.1, -0.05) is 35.4 Å². The molecule has 2 aliphatic rings. The molecule has 35 heavy (non-hydrogen) atoms. The Morgan fingerprint density at radius 2 is 1.80 bits per heavy atom. The molecule has 0 saturated carbocycles. The Balaban J connectivity index is 1.55. The highest BCUT2D eigenvalue weighted by molar-refractivity contribution is 6.30. The van der Waals surface area contributed by atoms with Crippen LogP contribution >= 0.6 is 11.6 Å². The van der Waals surface area contributed by atoms with Gasteiger partial charge in [-0.2, -0.15) is 0 Å². The zero-order valence-corrected chi connectivity index (χ0v) is 20.7. The van der Waals surface area contributed by atoms with Gasteiger partial charge in [0, 0.05) is 55.7 Å². The number of likely N-dealkylation sites (tertiary alicyclic amines) is 1. The van der Waals surface area contributed by atoms with Crippen molar-refractivity contribution in [3.8, 4) is 0 Å². The Morgan fingerprint density at radius 3 is 2.46 bits per heavy atom. The van der Waals surface area contributed by atoms with Gasteiger partial charge in [-0.05, 0) is 37.3 Å². The highest BCUT2D eigenvalue weighted by atomic mass is 35.5. The van der Waals surface area contributed by atoms with Gasteiger partial charge in [0.05, 0.1) is 13.2 Å². The number of ether oxygens (including phenoxy) is 2. The van der Waals surface area contributed by atoms with E-state index in [0.29, 0.717) is 55.2 Å². The van der Waals surface area contributed by atoms with Crippen LogP contribution in [0.5, 0.6) is 0 Å². The van der Waals surface area contributed by atoms with E-state index >= 15 is 0 Å². The molecule has 1 unspecified atom stereocenters. The number of piperidine rings is 1. The normalized spacial score (nSPS) is 19.1. The molecule has 0 bridgehead atoms. The van der Waals surface area contributed by atoms with Gasteiger partial charge < -0.3 is 19.7 Å². The fourth-order valence-corrected chi connectivity index (χ4v) is 4.85. The molecule has 2 aromatic rings. The first-order valence-electron chi connectivity index (χ1n) is 11.7. The van der Waals surface area contributed by atoms with Crippen molar-refractivity contribution in [2.75, 3.05) is 40.0 Å². The number of carbonyl (C=O) groups is 3. The van der Waals surface area contributed by atoms with Gasteiger partial charge in [0.1, 0.15) is 11.8 Å². The van der Waals surface area contributed by atoms with Crippen molar-refractivity contribution >= 4 is 29.3 Å². The molecular weight excluding hydrogens is 470 g/mol. The molecule has 186 valence electrons. The van der Waals surface area contributed by atoms with Gasteiger partial charge in [-0.25, -0.2) is 0 Å². The van der Waals surface area contributed by atoms with Gasteiger partial charge in [-0.15, -0.1) is 0 Å². The van der Waals surface area contributed by atoms with Crippen molar-refractivity contribution < 1.29 is 23.9 Å². The Bertz CT molecular complexity index is 1080. The fourth-order valence-electron chi connectivity index (χ4n) is 4.66. The third kappa shape index (κ3) is 5.34. The van der Waals surface area contributed by atoms with Gasteiger partial charge >= 0.3 is 0 Å². The molecule has 0 aromatic heterocycles. The quantitative estimate of drug-likeness (QED) is 0.617. The summed E-state index contributed by atoms with van der Waals surface area (Å²) in [5.41, 5.74) is 1.09. The van der Waals surface area contributed by atoms with E-state index in [1.54, 1.807) is 53.3 Å². The van der Waals surface area contributed by atoms with Crippen LogP contribution in [0.2, 0.25) is 5.02 Å². The maximum absolute atomic E-state index is 13.7. The minimum Gasteiger partial charge on any atom is -0.383 e. The Morgan fingerprint density at radius 1 is 1.09 bits per heavy atom. The van der Waals surface area contributed by atoms with Crippen LogP contribution < -0.4 is 5.32 Å². The first kappa shape index (κ1) is 25.2. The Hall–Kier alpha value is -2.94. The van der Waals surface area contributed by atoms with E-state index in [0.717, 1.165) is 5.56 Å². The number of hydrogen-bond acceptors (Lipinski definition) is 5. The van der Waals surface area contributed by atoms with Crippen LogP contribution in [-0.2, 0) is 14.3 Å². The van der Waals surface area contributed by atoms with E-state index < -0.39 is 11.8 Å². The molecule has 4 rings (SSSR count). The molecule has 9 heteroatoms. The lowest BCUT2D eigenvalue weighted by atomic mass is 9.96. The van der Waals surface area contributed by atoms with E-state index in [1.165, 1.54) is 0 Å². The number of benzene rings is 2. The number of carbonyl (C=O) groups excluding carboxylic acids is 3. The van der Waals surface area contributed by atoms with Crippen LogP contribution in [0, 0.1) is 6.92 Å². The van der Waals surface area contributed by atoms with Crippen LogP contribution in [0.4, 0.5) is 0 Å². The van der Waals surface area contributed by atoms with E-state index in [9.17, 15) is 14.4 Å². The second-order valence-electron chi connectivity index (χ2n) is 8.90. The summed E-state index contributed by atoms with van der Waals surface area (Å²) in [4.78, 5) is 43.0. The molecule has 1 spiro atoms. The zero-order valence-electron chi connectivity index (χ0n) is 20.0. The van der Waals surface area contributed by atoms with Gasteiger partial charge in [0.25, 0.3) is 11.8 Å². The number of halogens is 1. The minimum absolute atomic E-state index is 0.0959. The number of rotatable bonds is 6. The molecule has 2 aromatic carbocycles. The summed E-state index contributed by atoms with van der Waals surface area (Å²) in [6.45, 7) is 3.54. The molecule has 1 atom stereocenters. The molecule has 2 fully saturated rings. The highest BCUT2D eigenvalue weighted by Crippen LogP contribution is 2.39. The fraction of sp³-hybridized carbons (Fsp3) is 0.423. The standard InChI is InChI=1S/C26H30ClN3O5/c1-18-6-8-19(9-7-18)25(33)30-22(23(31)28-12-15-34-2)17-35-26(30)10-13-29(14-11-26)24(32)20-4-3-5-21(27)16-20/h3-9,16,22H,10-15,17H2,1-2H3,(H,28,31). The maximum atomic E-state index is 13.7. The highest BCUT2D eigenvalue weighted by Gasteiger charge is 2.54. The Kier molecular flexibility index (Phi) is 7.74. The number of hydrogen-bond donors (Lipinski definition) is 1. The summed E-state index contributed by atoms with van der Waals surface area (Å²) in [7, 11) is 1.56. The summed E-state index contributed by atoms with van der Waals surface area (Å²) >= 11 is 6.06. The van der Waals surface area contributed by atoms with Crippen molar-refractivity contribution in [1.29, 1.82) is 0 Å². The van der Waals surface area contributed by atoms with Crippen molar-refractivity contribution in [3.63, 3.8) is 0 Å². The second kappa shape index (κ2) is 10.8. The lowest BCUT2D eigenvalue weighted by molar-refractivity contribution is -0.128. The van der Waals surface area contributed by atoms with Gasteiger partial charge in [0.2, 0.25) is 5.91 Å². The molecule has 2 heterocycles. The number of methoxy groups -OCH3 is 1. The van der Waals surface area contributed by atoms with Crippen molar-refractivity contribution in [2.45, 2.75) is 31.5 Å². The van der Waals surface area contributed by atoms with Crippen LogP contribution in [0.1, 0.15) is 39.1 Å². The topological polar surface area (TPSA) is 88.2 Å². The van der Waals surface area contributed by atoms with E-state index in [-0.39, 0.29) is 24.3 Å². The third-order valence-corrected chi connectivity index (χ3v) is 6.82. The number of nitrogens with one attached hydrogen (secondary N) is 1. The Labute approximate surface area is 210 Å². The van der Waals surface area contributed by atoms with Crippen LogP contribution in [0.25, 0.3) is 0 Å². The van der Waals surface area contributed by atoms with E-state index in [2.05, 4.69) is 5.32 Å². The third-order valence-electron chi connectivity index (χ3n) is 6.59. The smallest absolute Gasteiger partial charge is 0.256 e. The monoisotopic (exact) mass is 499 g/mol. The number of amides is 3. The first-order valence-corrected chi connectivity index (χ1v) is 12.1.